The van der Waals surface area contributed by atoms with Gasteiger partial charge in [-0.25, -0.2) is 0 Å². The molecule has 3 heterocycles. The number of hydrogen-bond acceptors (Lipinski definition) is 7. The van der Waals surface area contributed by atoms with Gasteiger partial charge in [0.05, 0.1) is 24.5 Å². The fourth-order valence-electron chi connectivity index (χ4n) is 7.38. The summed E-state index contributed by atoms with van der Waals surface area (Å²) >= 11 is 0. The largest absolute Gasteiger partial charge is 0.460 e. The molecule has 3 aliphatic rings. The second-order valence-corrected chi connectivity index (χ2v) is 13.8. The van der Waals surface area contributed by atoms with Crippen molar-refractivity contribution >= 4 is 23.7 Å². The molecule has 3 amide bonds. The number of aliphatic hydroxyl groups is 1. The summed E-state index contributed by atoms with van der Waals surface area (Å²) in [6.07, 6.45) is 5.08. The molecule has 10 nitrogen and oxygen atoms in total. The molecule has 42 heavy (non-hydrogen) atoms. The highest BCUT2D eigenvalue weighted by atomic mass is 16.6. The van der Waals surface area contributed by atoms with Gasteiger partial charge >= 0.3 is 5.97 Å². The third-order valence-electron chi connectivity index (χ3n) is 8.61. The first-order valence-corrected chi connectivity index (χ1v) is 15.2. The molecule has 3 saturated heterocycles. The zero-order chi connectivity index (χ0) is 31.5. The minimum atomic E-state index is -1.16. The van der Waals surface area contributed by atoms with E-state index < -0.39 is 47.2 Å². The third-order valence-corrected chi connectivity index (χ3v) is 8.61. The lowest BCUT2D eigenvalue weighted by Gasteiger charge is -2.45. The molecule has 1 spiro atoms. The van der Waals surface area contributed by atoms with E-state index in [2.05, 4.69) is 39.2 Å². The Morgan fingerprint density at radius 2 is 1.93 bits per heavy atom. The first kappa shape index (κ1) is 33.8. The van der Waals surface area contributed by atoms with E-state index in [4.69, 9.17) is 9.47 Å². The maximum Gasteiger partial charge on any atom is 0.312 e. The van der Waals surface area contributed by atoms with Gasteiger partial charge in [0.25, 0.3) is 0 Å². The molecule has 10 heteroatoms. The summed E-state index contributed by atoms with van der Waals surface area (Å²) in [4.78, 5) is 57.5. The monoisotopic (exact) mass is 589 g/mol. The molecule has 0 saturated carbocycles. The summed E-state index contributed by atoms with van der Waals surface area (Å²) in [5, 5.41) is 12.4. The van der Waals surface area contributed by atoms with Crippen LogP contribution < -0.4 is 5.32 Å². The van der Waals surface area contributed by atoms with Crippen molar-refractivity contribution in [1.29, 1.82) is 0 Å². The van der Waals surface area contributed by atoms with E-state index in [0.717, 1.165) is 0 Å². The summed E-state index contributed by atoms with van der Waals surface area (Å²) in [7, 11) is 0. The number of ether oxygens (including phenoxy) is 2. The van der Waals surface area contributed by atoms with Gasteiger partial charge in [-0.15, -0.1) is 13.2 Å². The Labute approximate surface area is 250 Å². The molecule has 0 unspecified atom stereocenters. The number of aliphatic hydroxyl groups excluding tert-OH is 1. The van der Waals surface area contributed by atoms with Crippen molar-refractivity contribution in [2.24, 2.45) is 17.3 Å². The van der Waals surface area contributed by atoms with Crippen molar-refractivity contribution in [2.75, 3.05) is 26.2 Å². The van der Waals surface area contributed by atoms with Gasteiger partial charge in [-0.2, -0.15) is 0 Å². The van der Waals surface area contributed by atoms with Gasteiger partial charge < -0.3 is 29.7 Å². The summed E-state index contributed by atoms with van der Waals surface area (Å²) < 4.78 is 12.2. The predicted molar refractivity (Wildman–Crippen MR) is 159 cm³/mol. The highest BCUT2D eigenvalue weighted by Crippen LogP contribution is 2.59. The molecule has 3 fully saturated rings. The Kier molecular flexibility index (Phi) is 10.7. The number of carbonyl (C=O) groups excluding carboxylic acids is 4. The number of hydrogen-bond donors (Lipinski definition) is 2. The normalized spacial score (nSPS) is 27.4. The maximum atomic E-state index is 14.6. The zero-order valence-electron chi connectivity index (χ0n) is 26.3. The van der Waals surface area contributed by atoms with Gasteiger partial charge in [-0.05, 0) is 58.3 Å². The van der Waals surface area contributed by atoms with E-state index in [1.54, 1.807) is 24.0 Å². The number of fused-ring (bicyclic) bond motifs is 1. The van der Waals surface area contributed by atoms with Gasteiger partial charge in [0.2, 0.25) is 17.7 Å². The van der Waals surface area contributed by atoms with Crippen LogP contribution in [0.4, 0.5) is 0 Å². The van der Waals surface area contributed by atoms with Crippen LogP contribution in [0.2, 0.25) is 0 Å². The number of allylic oxidation sites excluding steroid dienone is 1. The molecule has 0 aromatic heterocycles. The second kappa shape index (κ2) is 13.3. The number of likely N-dealkylation sites (tertiary alicyclic amines) is 1. The van der Waals surface area contributed by atoms with Crippen molar-refractivity contribution in [3.05, 3.63) is 25.3 Å². The number of nitrogens with one attached hydrogen (secondary N) is 1. The number of esters is 1. The topological polar surface area (TPSA) is 125 Å². The number of carbonyl (C=O) groups is 4. The van der Waals surface area contributed by atoms with Crippen LogP contribution in [0.15, 0.2) is 25.3 Å². The first-order chi connectivity index (χ1) is 19.6. The minimum absolute atomic E-state index is 0.0644. The fraction of sp³-hybridized carbons (Fsp3) is 0.750. The number of nitrogens with zero attached hydrogens (tertiary/aromatic N) is 2. The summed E-state index contributed by atoms with van der Waals surface area (Å²) in [6, 6.07) is -0.926. The molecule has 0 aromatic carbocycles. The molecule has 0 aliphatic carbocycles. The van der Waals surface area contributed by atoms with Crippen LogP contribution in [0.1, 0.15) is 80.1 Å². The highest BCUT2D eigenvalue weighted by Gasteiger charge is 2.75. The third kappa shape index (κ3) is 6.91. The molecular formula is C32H51N3O7. The maximum absolute atomic E-state index is 14.6. The van der Waals surface area contributed by atoms with Gasteiger partial charge in [0, 0.05) is 31.7 Å². The van der Waals surface area contributed by atoms with E-state index in [-0.39, 0.29) is 42.8 Å². The molecule has 2 bridgehead atoms. The lowest BCUT2D eigenvalue weighted by Crippen LogP contribution is -2.61. The average molecular weight is 590 g/mol. The van der Waals surface area contributed by atoms with Crippen molar-refractivity contribution < 1.29 is 33.8 Å². The molecule has 0 aromatic rings. The van der Waals surface area contributed by atoms with E-state index in [1.165, 1.54) is 4.90 Å². The Bertz CT molecular complexity index is 1050. The quantitative estimate of drug-likeness (QED) is 0.222. The Balaban J connectivity index is 1.89. The average Bonchev–Trinajstić information content (AvgIpc) is 3.53. The van der Waals surface area contributed by atoms with Crippen molar-refractivity contribution in [1.82, 2.24) is 15.1 Å². The van der Waals surface area contributed by atoms with Crippen LogP contribution in [0, 0.1) is 17.3 Å². The predicted octanol–water partition coefficient (Wildman–Crippen LogP) is 2.99. The van der Waals surface area contributed by atoms with E-state index in [9.17, 15) is 24.3 Å². The van der Waals surface area contributed by atoms with E-state index in [0.29, 0.717) is 45.1 Å². The van der Waals surface area contributed by atoms with Crippen molar-refractivity contribution in [3.8, 4) is 0 Å². The molecule has 2 N–H and O–H groups in total. The molecule has 6 atom stereocenters. The summed E-state index contributed by atoms with van der Waals surface area (Å²) in [5.41, 5.74) is -1.77. The van der Waals surface area contributed by atoms with Gasteiger partial charge in [0.1, 0.15) is 17.7 Å². The van der Waals surface area contributed by atoms with Crippen LogP contribution in [0.5, 0.6) is 0 Å². The zero-order valence-corrected chi connectivity index (χ0v) is 26.3. The molecule has 236 valence electrons. The van der Waals surface area contributed by atoms with Crippen LogP contribution in [-0.2, 0) is 28.7 Å². The smallest absolute Gasteiger partial charge is 0.312 e. The molecule has 3 aliphatic heterocycles. The summed E-state index contributed by atoms with van der Waals surface area (Å²) in [6.45, 7) is 20.1. The minimum Gasteiger partial charge on any atom is -0.460 e. The standard InChI is InChI=1S/C32H51N3O7/c1-9-11-13-23(37)33-19-21(3)41-29(40)24-22-14-15-32(42-22)25(24)27(38)34(17-12-18-36)26(32)28(39)35(16-10-2)31(7,8)20-30(4,5)6/h9-10,21-22,24-26,36H,1-2,11-20H2,3-8H3,(H,33,37)/t21-,22-,24+,25+,26-,32+/m1/s1. The Morgan fingerprint density at radius 1 is 1.24 bits per heavy atom. The second-order valence-electron chi connectivity index (χ2n) is 13.8. The highest BCUT2D eigenvalue weighted by molar-refractivity contribution is 5.98. The number of amides is 3. The summed E-state index contributed by atoms with van der Waals surface area (Å²) in [5.74, 6) is -2.98. The fourth-order valence-corrected chi connectivity index (χ4v) is 7.38. The van der Waals surface area contributed by atoms with Crippen LogP contribution in [-0.4, -0.2) is 94.2 Å². The van der Waals surface area contributed by atoms with Gasteiger partial charge in [-0.1, -0.05) is 32.9 Å². The molecule has 3 rings (SSSR count). The Hall–Kier alpha value is -2.72. The van der Waals surface area contributed by atoms with E-state index >= 15 is 0 Å². The van der Waals surface area contributed by atoms with Crippen LogP contribution >= 0.6 is 0 Å². The Morgan fingerprint density at radius 3 is 2.52 bits per heavy atom. The number of rotatable bonds is 15. The SMILES string of the molecule is C=CCCC(=O)NC[C@@H](C)OC(=O)[C@@H]1[C@H]2C(=O)N(CCCO)[C@H](C(=O)N(CC=C)C(C)(C)CC(C)(C)C)[C@]23CC[C@H]1O3. The lowest BCUT2D eigenvalue weighted by molar-refractivity contribution is -0.159. The lowest BCUT2D eigenvalue weighted by atomic mass is 9.70. The van der Waals surface area contributed by atoms with Crippen LogP contribution in [0.25, 0.3) is 0 Å². The molecular weight excluding hydrogens is 538 g/mol. The van der Waals surface area contributed by atoms with Crippen molar-refractivity contribution in [2.45, 2.75) is 109 Å². The van der Waals surface area contributed by atoms with Crippen LogP contribution in [0.3, 0.4) is 0 Å². The van der Waals surface area contributed by atoms with Gasteiger partial charge in [-0.3, -0.25) is 19.2 Å². The van der Waals surface area contributed by atoms with E-state index in [1.807, 2.05) is 13.8 Å². The van der Waals surface area contributed by atoms with Crippen molar-refractivity contribution in [3.63, 3.8) is 0 Å². The molecule has 0 radical (unpaired) electrons. The first-order valence-electron chi connectivity index (χ1n) is 15.2. The van der Waals surface area contributed by atoms with Gasteiger partial charge in [0.15, 0.2) is 0 Å².